The Balaban J connectivity index is 1.60. The monoisotopic (exact) mass is 494 g/mol. The highest BCUT2D eigenvalue weighted by Gasteiger charge is 2.25. The van der Waals surface area contributed by atoms with Gasteiger partial charge in [-0.3, -0.25) is 9.10 Å². The van der Waals surface area contributed by atoms with E-state index in [9.17, 15) is 13.2 Å². The molecule has 4 aromatic rings. The number of hydrogen-bond acceptors (Lipinski definition) is 6. The second kappa shape index (κ2) is 10.1. The van der Waals surface area contributed by atoms with Crippen LogP contribution in [0.4, 0.5) is 11.4 Å². The van der Waals surface area contributed by atoms with Crippen molar-refractivity contribution in [2.75, 3.05) is 30.4 Å². The van der Waals surface area contributed by atoms with Gasteiger partial charge in [-0.2, -0.15) is 0 Å². The minimum Gasteiger partial charge on any atom is -0.497 e. The van der Waals surface area contributed by atoms with E-state index in [2.05, 4.69) is 5.32 Å². The standard InChI is InChI=1S/C26H26N2O6S/c1-4-28(19-8-6-5-7-9-19)35(30,31)21-11-13-24(33-3)23(16-21)27-26(29)14-18-17-34-25-15-20(32-2)10-12-22(18)25/h5-13,15-17H,4,14H2,1-3H3,(H,27,29). The highest BCUT2D eigenvalue weighted by molar-refractivity contribution is 7.92. The lowest BCUT2D eigenvalue weighted by molar-refractivity contribution is -0.115. The quantitative estimate of drug-likeness (QED) is 0.357. The molecule has 0 atom stereocenters. The van der Waals surface area contributed by atoms with Crippen molar-refractivity contribution in [1.29, 1.82) is 0 Å². The first kappa shape index (κ1) is 24.2. The summed E-state index contributed by atoms with van der Waals surface area (Å²) in [6.45, 7) is 2.01. The number of benzene rings is 3. The van der Waals surface area contributed by atoms with Gasteiger partial charge in [0.05, 0.1) is 43.2 Å². The van der Waals surface area contributed by atoms with Crippen LogP contribution in [-0.4, -0.2) is 35.1 Å². The number of methoxy groups -OCH3 is 2. The van der Waals surface area contributed by atoms with Gasteiger partial charge in [0.1, 0.15) is 17.1 Å². The van der Waals surface area contributed by atoms with Crippen molar-refractivity contribution in [3.05, 3.63) is 78.6 Å². The van der Waals surface area contributed by atoms with Crippen molar-refractivity contribution in [2.24, 2.45) is 0 Å². The number of ether oxygens (including phenoxy) is 2. The Labute approximate surface area is 204 Å². The number of nitrogens with zero attached hydrogens (tertiary/aromatic N) is 1. The smallest absolute Gasteiger partial charge is 0.264 e. The summed E-state index contributed by atoms with van der Waals surface area (Å²) < 4.78 is 44.3. The molecule has 1 N–H and O–H groups in total. The van der Waals surface area contributed by atoms with Gasteiger partial charge in [0.25, 0.3) is 10.0 Å². The lowest BCUT2D eigenvalue weighted by atomic mass is 10.1. The van der Waals surface area contributed by atoms with Crippen molar-refractivity contribution in [2.45, 2.75) is 18.2 Å². The van der Waals surface area contributed by atoms with Crippen LogP contribution in [-0.2, 0) is 21.2 Å². The van der Waals surface area contributed by atoms with Gasteiger partial charge >= 0.3 is 0 Å². The first-order valence-corrected chi connectivity index (χ1v) is 12.4. The number of hydrogen-bond donors (Lipinski definition) is 1. The topological polar surface area (TPSA) is 98.1 Å². The zero-order chi connectivity index (χ0) is 25.0. The number of furan rings is 1. The van der Waals surface area contributed by atoms with Crippen molar-refractivity contribution < 1.29 is 27.1 Å². The van der Waals surface area contributed by atoms with Crippen LogP contribution in [0, 0.1) is 0 Å². The molecular weight excluding hydrogens is 468 g/mol. The van der Waals surface area contributed by atoms with Gasteiger partial charge in [-0.15, -0.1) is 0 Å². The van der Waals surface area contributed by atoms with E-state index in [1.54, 1.807) is 50.4 Å². The Morgan fingerprint density at radius 2 is 1.77 bits per heavy atom. The van der Waals surface area contributed by atoms with E-state index in [0.29, 0.717) is 28.3 Å². The molecule has 4 rings (SSSR count). The number of sulfonamides is 1. The van der Waals surface area contributed by atoms with Gasteiger partial charge in [0, 0.05) is 23.6 Å². The van der Waals surface area contributed by atoms with Crippen molar-refractivity contribution in [3.63, 3.8) is 0 Å². The molecule has 0 fully saturated rings. The molecule has 9 heteroatoms. The fourth-order valence-electron chi connectivity index (χ4n) is 3.85. The summed E-state index contributed by atoms with van der Waals surface area (Å²) >= 11 is 0. The van der Waals surface area contributed by atoms with Gasteiger partial charge in [-0.1, -0.05) is 18.2 Å². The molecule has 1 aromatic heterocycles. The minimum absolute atomic E-state index is 0.0323. The maximum atomic E-state index is 13.4. The molecule has 0 saturated carbocycles. The number of fused-ring (bicyclic) bond motifs is 1. The molecule has 3 aromatic carbocycles. The van der Waals surface area contributed by atoms with Gasteiger partial charge in [0.15, 0.2) is 0 Å². The van der Waals surface area contributed by atoms with E-state index in [4.69, 9.17) is 13.9 Å². The van der Waals surface area contributed by atoms with Crippen LogP contribution in [0.15, 0.2) is 82.3 Å². The molecule has 8 nitrogen and oxygen atoms in total. The fraction of sp³-hybridized carbons (Fsp3) is 0.192. The first-order chi connectivity index (χ1) is 16.9. The molecule has 0 aliphatic carbocycles. The molecule has 182 valence electrons. The molecule has 1 heterocycles. The highest BCUT2D eigenvalue weighted by atomic mass is 32.2. The highest BCUT2D eigenvalue weighted by Crippen LogP contribution is 2.31. The molecule has 0 spiro atoms. The van der Waals surface area contributed by atoms with Crippen LogP contribution >= 0.6 is 0 Å². The number of rotatable bonds is 9. The summed E-state index contributed by atoms with van der Waals surface area (Å²) in [7, 11) is -0.847. The number of amides is 1. The summed E-state index contributed by atoms with van der Waals surface area (Å²) in [5, 5.41) is 3.58. The third-order valence-corrected chi connectivity index (χ3v) is 7.48. The van der Waals surface area contributed by atoms with Gasteiger partial charge in [-0.25, -0.2) is 8.42 Å². The van der Waals surface area contributed by atoms with Crippen molar-refractivity contribution >= 4 is 38.3 Å². The zero-order valence-electron chi connectivity index (χ0n) is 19.6. The molecule has 0 bridgehead atoms. The molecule has 35 heavy (non-hydrogen) atoms. The van der Waals surface area contributed by atoms with E-state index in [1.807, 2.05) is 12.1 Å². The summed E-state index contributed by atoms with van der Waals surface area (Å²) in [5.41, 5.74) is 2.12. The predicted octanol–water partition coefficient (Wildman–Crippen LogP) is 4.85. The molecule has 0 aliphatic rings. The fourth-order valence-corrected chi connectivity index (χ4v) is 5.35. The predicted molar refractivity (Wildman–Crippen MR) is 135 cm³/mol. The Kier molecular flexibility index (Phi) is 6.97. The van der Waals surface area contributed by atoms with Gasteiger partial charge < -0.3 is 19.2 Å². The van der Waals surface area contributed by atoms with E-state index in [1.165, 1.54) is 35.9 Å². The normalized spacial score (nSPS) is 11.3. The van der Waals surface area contributed by atoms with Crippen molar-refractivity contribution in [3.8, 4) is 11.5 Å². The Bertz CT molecular complexity index is 1450. The van der Waals surface area contributed by atoms with Crippen LogP contribution in [0.3, 0.4) is 0 Å². The number of nitrogens with one attached hydrogen (secondary N) is 1. The third-order valence-electron chi connectivity index (χ3n) is 5.58. The molecule has 0 aliphatic heterocycles. The maximum absolute atomic E-state index is 13.4. The summed E-state index contributed by atoms with van der Waals surface area (Å²) in [5.74, 6) is 0.663. The second-order valence-corrected chi connectivity index (χ2v) is 9.58. The Morgan fingerprint density at radius 1 is 1.00 bits per heavy atom. The molecule has 0 saturated heterocycles. The number of carbonyl (C=O) groups excluding carboxylic acids is 1. The lowest BCUT2D eigenvalue weighted by Gasteiger charge is -2.23. The molecule has 0 radical (unpaired) electrons. The van der Waals surface area contributed by atoms with Crippen LogP contribution < -0.4 is 19.1 Å². The molecular formula is C26H26N2O6S. The first-order valence-electron chi connectivity index (χ1n) is 11.0. The average Bonchev–Trinajstić information content (AvgIpc) is 3.26. The van der Waals surface area contributed by atoms with E-state index in [0.717, 1.165) is 5.39 Å². The number of carbonyl (C=O) groups is 1. The maximum Gasteiger partial charge on any atom is 0.264 e. The van der Waals surface area contributed by atoms with E-state index < -0.39 is 10.0 Å². The van der Waals surface area contributed by atoms with Crippen LogP contribution in [0.2, 0.25) is 0 Å². The van der Waals surface area contributed by atoms with Gasteiger partial charge in [-0.05, 0) is 49.4 Å². The van der Waals surface area contributed by atoms with Crippen LogP contribution in [0.1, 0.15) is 12.5 Å². The SMILES string of the molecule is CCN(c1ccccc1)S(=O)(=O)c1ccc(OC)c(NC(=O)Cc2coc3cc(OC)ccc23)c1. The summed E-state index contributed by atoms with van der Waals surface area (Å²) in [6.07, 6.45) is 1.56. The van der Waals surface area contributed by atoms with E-state index in [-0.39, 0.29) is 29.5 Å². The van der Waals surface area contributed by atoms with Crippen LogP contribution in [0.25, 0.3) is 11.0 Å². The molecule has 1 amide bonds. The lowest BCUT2D eigenvalue weighted by Crippen LogP contribution is -2.30. The largest absolute Gasteiger partial charge is 0.497 e. The summed E-state index contributed by atoms with van der Waals surface area (Å²) in [4.78, 5) is 12.9. The number of para-hydroxylation sites is 1. The Morgan fingerprint density at radius 3 is 2.46 bits per heavy atom. The minimum atomic E-state index is -3.87. The zero-order valence-corrected chi connectivity index (χ0v) is 20.5. The van der Waals surface area contributed by atoms with Gasteiger partial charge in [0.2, 0.25) is 5.91 Å². The average molecular weight is 495 g/mol. The third kappa shape index (κ3) is 4.95. The molecule has 0 unspecified atom stereocenters. The summed E-state index contributed by atoms with van der Waals surface area (Å²) in [6, 6.07) is 18.6. The number of anilines is 2. The van der Waals surface area contributed by atoms with Crippen LogP contribution in [0.5, 0.6) is 11.5 Å². The van der Waals surface area contributed by atoms with E-state index >= 15 is 0 Å². The second-order valence-electron chi connectivity index (χ2n) is 7.72. The van der Waals surface area contributed by atoms with Crippen molar-refractivity contribution in [1.82, 2.24) is 0 Å². The Hall–Kier alpha value is -3.98.